The van der Waals surface area contributed by atoms with Gasteiger partial charge in [0.15, 0.2) is 0 Å². The van der Waals surface area contributed by atoms with Crippen molar-refractivity contribution in [1.82, 2.24) is 5.32 Å². The normalized spacial score (nSPS) is 12.3. The lowest BCUT2D eigenvalue weighted by Gasteiger charge is -2.15. The first-order chi connectivity index (χ1) is 11.3. The van der Waals surface area contributed by atoms with E-state index in [0.717, 1.165) is 17.6 Å². The molecule has 0 aromatic heterocycles. The van der Waals surface area contributed by atoms with E-state index in [4.69, 9.17) is 4.74 Å². The second-order valence-corrected chi connectivity index (χ2v) is 7.17. The van der Waals surface area contributed by atoms with Crippen LogP contribution >= 0.6 is 0 Å². The number of hydrogen-bond acceptors (Lipinski definition) is 4. The summed E-state index contributed by atoms with van der Waals surface area (Å²) < 4.78 is 29.8. The molecule has 0 radical (unpaired) electrons. The minimum atomic E-state index is -3.33. The van der Waals surface area contributed by atoms with Crippen molar-refractivity contribution in [3.05, 3.63) is 59.7 Å². The average molecular weight is 348 g/mol. The highest BCUT2D eigenvalue weighted by Gasteiger charge is 2.12. The lowest BCUT2D eigenvalue weighted by Crippen LogP contribution is -2.26. The van der Waals surface area contributed by atoms with Gasteiger partial charge in [-0.25, -0.2) is 8.42 Å². The molecule has 0 saturated carbocycles. The van der Waals surface area contributed by atoms with Crippen LogP contribution in [0, 0.1) is 0 Å². The molecule has 1 amide bonds. The van der Waals surface area contributed by atoms with Crippen molar-refractivity contribution in [1.29, 1.82) is 0 Å². The van der Waals surface area contributed by atoms with Crippen molar-refractivity contribution in [3.63, 3.8) is 0 Å². The molecule has 0 saturated heterocycles. The van der Waals surface area contributed by atoms with Crippen LogP contribution in [0.4, 0.5) is 5.69 Å². The predicted molar refractivity (Wildman–Crippen MR) is 93.8 cm³/mol. The number of carbonyl (C=O) groups excluding carboxylic acids is 1. The summed E-state index contributed by atoms with van der Waals surface area (Å²) in [6.45, 7) is 1.89. The Kier molecular flexibility index (Phi) is 5.46. The van der Waals surface area contributed by atoms with Crippen molar-refractivity contribution in [2.24, 2.45) is 0 Å². The first-order valence-electron chi connectivity index (χ1n) is 7.31. The maximum absolute atomic E-state index is 12.3. The summed E-state index contributed by atoms with van der Waals surface area (Å²) in [5.41, 5.74) is 1.83. The zero-order chi connectivity index (χ0) is 17.7. The Hall–Kier alpha value is -2.54. The van der Waals surface area contributed by atoms with Gasteiger partial charge in [0, 0.05) is 11.3 Å². The fraction of sp³-hybridized carbons (Fsp3) is 0.235. The second kappa shape index (κ2) is 7.35. The minimum absolute atomic E-state index is 0.169. The van der Waals surface area contributed by atoms with Crippen molar-refractivity contribution in [2.45, 2.75) is 13.0 Å². The van der Waals surface area contributed by atoms with E-state index in [-0.39, 0.29) is 11.9 Å². The molecule has 0 heterocycles. The zero-order valence-corrected chi connectivity index (χ0v) is 14.6. The maximum Gasteiger partial charge on any atom is 0.251 e. The van der Waals surface area contributed by atoms with Gasteiger partial charge in [-0.05, 0) is 48.9 Å². The Morgan fingerprint density at radius 1 is 1.04 bits per heavy atom. The summed E-state index contributed by atoms with van der Waals surface area (Å²) in [5, 5.41) is 2.90. The first-order valence-corrected chi connectivity index (χ1v) is 9.20. The summed E-state index contributed by atoms with van der Waals surface area (Å²) in [5.74, 6) is 0.524. The van der Waals surface area contributed by atoms with Gasteiger partial charge in [-0.15, -0.1) is 0 Å². The van der Waals surface area contributed by atoms with Crippen LogP contribution in [-0.2, 0) is 10.0 Å². The predicted octanol–water partition coefficient (Wildman–Crippen LogP) is 2.56. The average Bonchev–Trinajstić information content (AvgIpc) is 2.54. The van der Waals surface area contributed by atoms with Crippen LogP contribution < -0.4 is 14.8 Å². The van der Waals surface area contributed by atoms with E-state index < -0.39 is 10.0 Å². The quantitative estimate of drug-likeness (QED) is 0.840. The highest BCUT2D eigenvalue weighted by atomic mass is 32.2. The van der Waals surface area contributed by atoms with Crippen LogP contribution in [0.3, 0.4) is 0 Å². The third-order valence-electron chi connectivity index (χ3n) is 3.41. The van der Waals surface area contributed by atoms with Gasteiger partial charge in [0.05, 0.1) is 19.4 Å². The number of ether oxygens (including phenoxy) is 1. The highest BCUT2D eigenvalue weighted by molar-refractivity contribution is 7.92. The third kappa shape index (κ3) is 4.99. The van der Waals surface area contributed by atoms with Gasteiger partial charge >= 0.3 is 0 Å². The first kappa shape index (κ1) is 17.8. The van der Waals surface area contributed by atoms with E-state index in [1.807, 2.05) is 31.2 Å². The van der Waals surface area contributed by atoms with Gasteiger partial charge in [0.1, 0.15) is 5.75 Å². The SMILES string of the molecule is COc1ccc([C@H](C)NC(=O)c2ccc(NS(C)(=O)=O)cc2)cc1. The highest BCUT2D eigenvalue weighted by Crippen LogP contribution is 2.18. The van der Waals surface area contributed by atoms with Crippen molar-refractivity contribution >= 4 is 21.6 Å². The molecule has 2 N–H and O–H groups in total. The number of anilines is 1. The Bertz CT molecular complexity index is 799. The summed E-state index contributed by atoms with van der Waals surface area (Å²) in [7, 11) is -1.73. The molecule has 0 aliphatic rings. The van der Waals surface area contributed by atoms with Crippen molar-refractivity contribution in [2.75, 3.05) is 18.1 Å². The minimum Gasteiger partial charge on any atom is -0.497 e. The number of carbonyl (C=O) groups is 1. The molecular formula is C17H20N2O4S. The molecule has 0 bridgehead atoms. The second-order valence-electron chi connectivity index (χ2n) is 5.42. The summed E-state index contributed by atoms with van der Waals surface area (Å²) in [6, 6.07) is 13.5. The Morgan fingerprint density at radius 3 is 2.12 bits per heavy atom. The Morgan fingerprint density at radius 2 is 1.62 bits per heavy atom. The molecule has 128 valence electrons. The molecule has 24 heavy (non-hydrogen) atoms. The molecule has 0 fully saturated rings. The van der Waals surface area contributed by atoms with Crippen LogP contribution in [0.15, 0.2) is 48.5 Å². The monoisotopic (exact) mass is 348 g/mol. The zero-order valence-electron chi connectivity index (χ0n) is 13.7. The fourth-order valence-electron chi connectivity index (χ4n) is 2.16. The van der Waals surface area contributed by atoms with E-state index >= 15 is 0 Å². The topological polar surface area (TPSA) is 84.5 Å². The van der Waals surface area contributed by atoms with E-state index in [1.54, 1.807) is 31.4 Å². The van der Waals surface area contributed by atoms with Crippen molar-refractivity contribution < 1.29 is 17.9 Å². The number of amides is 1. The molecule has 0 aliphatic heterocycles. The molecule has 2 rings (SSSR count). The van der Waals surface area contributed by atoms with Crippen molar-refractivity contribution in [3.8, 4) is 5.75 Å². The van der Waals surface area contributed by atoms with Gasteiger partial charge in [-0.1, -0.05) is 12.1 Å². The van der Waals surface area contributed by atoms with Crippen LogP contribution in [0.1, 0.15) is 28.9 Å². The van der Waals surface area contributed by atoms with Crippen LogP contribution in [0.25, 0.3) is 0 Å². The molecule has 0 aliphatic carbocycles. The largest absolute Gasteiger partial charge is 0.497 e. The summed E-state index contributed by atoms with van der Waals surface area (Å²) in [4.78, 5) is 12.3. The lowest BCUT2D eigenvalue weighted by molar-refractivity contribution is 0.0940. The number of methoxy groups -OCH3 is 1. The molecule has 1 atom stereocenters. The number of rotatable bonds is 6. The maximum atomic E-state index is 12.3. The van der Waals surface area contributed by atoms with E-state index in [2.05, 4.69) is 10.0 Å². The summed E-state index contributed by atoms with van der Waals surface area (Å²) in [6.07, 6.45) is 1.07. The lowest BCUT2D eigenvalue weighted by atomic mass is 10.1. The number of benzene rings is 2. The fourth-order valence-corrected chi connectivity index (χ4v) is 2.72. The van der Waals surface area contributed by atoms with Gasteiger partial charge in [-0.3, -0.25) is 9.52 Å². The van der Waals surface area contributed by atoms with E-state index in [0.29, 0.717) is 11.3 Å². The molecule has 7 heteroatoms. The smallest absolute Gasteiger partial charge is 0.251 e. The van der Waals surface area contributed by atoms with E-state index in [1.165, 1.54) is 0 Å². The van der Waals surface area contributed by atoms with Gasteiger partial charge in [0.2, 0.25) is 10.0 Å². The molecule has 2 aromatic carbocycles. The number of nitrogens with one attached hydrogen (secondary N) is 2. The van der Waals surface area contributed by atoms with Crippen LogP contribution in [-0.4, -0.2) is 27.7 Å². The third-order valence-corrected chi connectivity index (χ3v) is 4.02. The molecular weight excluding hydrogens is 328 g/mol. The number of hydrogen-bond donors (Lipinski definition) is 2. The van der Waals surface area contributed by atoms with E-state index in [9.17, 15) is 13.2 Å². The Balaban J connectivity index is 2.03. The van der Waals surface area contributed by atoms with Gasteiger partial charge in [0.25, 0.3) is 5.91 Å². The number of sulfonamides is 1. The molecule has 6 nitrogen and oxygen atoms in total. The van der Waals surface area contributed by atoms with Crippen LogP contribution in [0.2, 0.25) is 0 Å². The molecule has 0 unspecified atom stereocenters. The molecule has 2 aromatic rings. The van der Waals surface area contributed by atoms with Crippen LogP contribution in [0.5, 0.6) is 5.75 Å². The summed E-state index contributed by atoms with van der Waals surface area (Å²) >= 11 is 0. The Labute approximate surface area is 141 Å². The van der Waals surface area contributed by atoms with Gasteiger partial charge < -0.3 is 10.1 Å². The van der Waals surface area contributed by atoms with Gasteiger partial charge in [-0.2, -0.15) is 0 Å². The molecule has 0 spiro atoms. The standard InChI is InChI=1S/C17H20N2O4S/c1-12(13-6-10-16(23-2)11-7-13)18-17(20)14-4-8-15(9-5-14)19-24(3,21)22/h4-12,19H,1-3H3,(H,18,20)/t12-/m0/s1.